The quantitative estimate of drug-likeness (QED) is 0.759. The number of rotatable bonds is 6. The zero-order valence-electron chi connectivity index (χ0n) is 14.8. The van der Waals surface area contributed by atoms with Crippen molar-refractivity contribution in [3.05, 3.63) is 64.7 Å². The minimum Gasteiger partial charge on any atom is -0.454 e. The lowest BCUT2D eigenvalue weighted by atomic mass is 10.1. The molecule has 0 radical (unpaired) electrons. The van der Waals surface area contributed by atoms with E-state index in [0.29, 0.717) is 11.8 Å². The molecule has 2 N–H and O–H groups in total. The van der Waals surface area contributed by atoms with Gasteiger partial charge >= 0.3 is 5.97 Å². The average molecular weight is 376 g/mol. The summed E-state index contributed by atoms with van der Waals surface area (Å²) in [4.78, 5) is 35.2. The maximum atomic E-state index is 13.5. The molecule has 0 saturated heterocycles. The van der Waals surface area contributed by atoms with E-state index in [1.165, 1.54) is 0 Å². The Morgan fingerprint density at radius 3 is 2.41 bits per heavy atom. The van der Waals surface area contributed by atoms with Gasteiger partial charge in [0.15, 0.2) is 6.61 Å². The van der Waals surface area contributed by atoms with Crippen LogP contribution in [0.1, 0.15) is 21.5 Å². The molecule has 0 aromatic heterocycles. The molecular formula is C19H18F2N2O4. The average Bonchev–Trinajstić information content (AvgIpc) is 2.61. The second kappa shape index (κ2) is 8.88. The van der Waals surface area contributed by atoms with E-state index in [9.17, 15) is 23.2 Å². The molecule has 0 heterocycles. The summed E-state index contributed by atoms with van der Waals surface area (Å²) in [7, 11) is 0. The van der Waals surface area contributed by atoms with E-state index in [4.69, 9.17) is 4.74 Å². The van der Waals surface area contributed by atoms with Gasteiger partial charge in [-0.05, 0) is 49.2 Å². The molecule has 0 aliphatic rings. The fourth-order valence-electron chi connectivity index (χ4n) is 2.13. The number of ether oxygens (including phenoxy) is 1. The second-order valence-corrected chi connectivity index (χ2v) is 5.81. The van der Waals surface area contributed by atoms with Crippen LogP contribution in [0.2, 0.25) is 0 Å². The number of aryl methyl sites for hydroxylation is 2. The minimum absolute atomic E-state index is 0.406. The number of anilines is 1. The summed E-state index contributed by atoms with van der Waals surface area (Å²) in [5.74, 6) is -4.18. The van der Waals surface area contributed by atoms with Crippen molar-refractivity contribution in [3.8, 4) is 0 Å². The third-order valence-electron chi connectivity index (χ3n) is 3.72. The van der Waals surface area contributed by atoms with Gasteiger partial charge in [0.05, 0.1) is 5.56 Å². The number of halogens is 2. The highest BCUT2D eigenvalue weighted by Gasteiger charge is 2.14. The molecule has 2 aromatic rings. The molecule has 0 atom stereocenters. The van der Waals surface area contributed by atoms with Crippen molar-refractivity contribution in [1.29, 1.82) is 0 Å². The zero-order valence-corrected chi connectivity index (χ0v) is 14.8. The molecule has 0 fully saturated rings. The molecule has 0 unspecified atom stereocenters. The number of carbonyl (C=O) groups excluding carboxylic acids is 3. The Kier molecular flexibility index (Phi) is 6.59. The summed E-state index contributed by atoms with van der Waals surface area (Å²) in [6, 6.07) is 7.80. The lowest BCUT2D eigenvalue weighted by molar-refractivity contribution is -0.146. The first kappa shape index (κ1) is 20.0. The molecule has 0 bridgehead atoms. The number of hydrogen-bond acceptors (Lipinski definition) is 4. The Morgan fingerprint density at radius 2 is 1.74 bits per heavy atom. The van der Waals surface area contributed by atoms with Gasteiger partial charge in [-0.25, -0.2) is 8.78 Å². The molecule has 0 aliphatic heterocycles. The van der Waals surface area contributed by atoms with Gasteiger partial charge in [-0.3, -0.25) is 14.4 Å². The van der Waals surface area contributed by atoms with Gasteiger partial charge in [0.1, 0.15) is 18.2 Å². The van der Waals surface area contributed by atoms with Crippen LogP contribution in [0.5, 0.6) is 0 Å². The number of benzene rings is 2. The SMILES string of the molecule is Cc1ccc(NC(=O)COC(=O)CNC(=O)c2ccc(F)cc2F)cc1C. The predicted molar refractivity (Wildman–Crippen MR) is 94.2 cm³/mol. The van der Waals surface area contributed by atoms with Crippen molar-refractivity contribution < 1.29 is 27.9 Å². The first-order valence-electron chi connectivity index (χ1n) is 8.02. The number of nitrogens with one attached hydrogen (secondary N) is 2. The standard InChI is InChI=1S/C19H18F2N2O4/c1-11-3-5-14(7-12(11)2)23-17(24)10-27-18(25)9-22-19(26)15-6-4-13(20)8-16(15)21/h3-8H,9-10H2,1-2H3,(H,22,26)(H,23,24). The molecule has 2 aromatic carbocycles. The van der Waals surface area contributed by atoms with Crippen LogP contribution in [0.15, 0.2) is 36.4 Å². The van der Waals surface area contributed by atoms with Crippen LogP contribution in [0.3, 0.4) is 0 Å². The van der Waals surface area contributed by atoms with Crippen LogP contribution in [0, 0.1) is 25.5 Å². The Hall–Kier alpha value is -3.29. The molecule has 2 rings (SSSR count). The van der Waals surface area contributed by atoms with E-state index < -0.39 is 48.1 Å². The first-order valence-corrected chi connectivity index (χ1v) is 8.02. The summed E-state index contributed by atoms with van der Waals surface area (Å²) >= 11 is 0. The molecule has 27 heavy (non-hydrogen) atoms. The van der Waals surface area contributed by atoms with Crippen molar-refractivity contribution in [2.75, 3.05) is 18.5 Å². The van der Waals surface area contributed by atoms with Crippen LogP contribution in [0.4, 0.5) is 14.5 Å². The molecule has 142 valence electrons. The second-order valence-electron chi connectivity index (χ2n) is 5.81. The van der Waals surface area contributed by atoms with Crippen LogP contribution >= 0.6 is 0 Å². The summed E-state index contributed by atoms with van der Waals surface area (Å²) in [5, 5.41) is 4.72. The van der Waals surface area contributed by atoms with Gasteiger partial charge in [0.25, 0.3) is 11.8 Å². The smallest absolute Gasteiger partial charge is 0.325 e. The van der Waals surface area contributed by atoms with Gasteiger partial charge in [-0.1, -0.05) is 6.07 Å². The van der Waals surface area contributed by atoms with Crippen molar-refractivity contribution in [3.63, 3.8) is 0 Å². The zero-order chi connectivity index (χ0) is 20.0. The summed E-state index contributed by atoms with van der Waals surface area (Å²) in [6.07, 6.45) is 0. The number of esters is 1. The largest absolute Gasteiger partial charge is 0.454 e. The number of carbonyl (C=O) groups is 3. The molecule has 0 saturated carbocycles. The normalized spacial score (nSPS) is 10.2. The predicted octanol–water partition coefficient (Wildman–Crippen LogP) is 2.49. The molecule has 8 heteroatoms. The fraction of sp³-hybridized carbons (Fsp3) is 0.211. The fourth-order valence-corrected chi connectivity index (χ4v) is 2.13. The number of hydrogen-bond donors (Lipinski definition) is 2. The van der Waals surface area contributed by atoms with Crippen LogP contribution in [0.25, 0.3) is 0 Å². The Labute approximate surface area is 154 Å². The van der Waals surface area contributed by atoms with Crippen LogP contribution < -0.4 is 10.6 Å². The van der Waals surface area contributed by atoms with E-state index in [-0.39, 0.29) is 0 Å². The van der Waals surface area contributed by atoms with Crippen molar-refractivity contribution in [1.82, 2.24) is 5.32 Å². The molecular weight excluding hydrogens is 358 g/mol. The highest BCUT2D eigenvalue weighted by atomic mass is 19.1. The molecule has 0 aliphatic carbocycles. The lowest BCUT2D eigenvalue weighted by Crippen LogP contribution is -2.32. The van der Waals surface area contributed by atoms with Gasteiger partial charge in [0, 0.05) is 11.8 Å². The van der Waals surface area contributed by atoms with Crippen molar-refractivity contribution in [2.24, 2.45) is 0 Å². The Bertz CT molecular complexity index is 884. The van der Waals surface area contributed by atoms with Gasteiger partial charge in [-0.15, -0.1) is 0 Å². The lowest BCUT2D eigenvalue weighted by Gasteiger charge is -2.09. The topological polar surface area (TPSA) is 84.5 Å². The van der Waals surface area contributed by atoms with Crippen LogP contribution in [-0.2, 0) is 14.3 Å². The van der Waals surface area contributed by atoms with Crippen molar-refractivity contribution in [2.45, 2.75) is 13.8 Å². The maximum absolute atomic E-state index is 13.5. The summed E-state index contributed by atoms with van der Waals surface area (Å²) in [6.45, 7) is 2.74. The molecule has 6 nitrogen and oxygen atoms in total. The highest BCUT2D eigenvalue weighted by molar-refractivity contribution is 5.96. The third-order valence-corrected chi connectivity index (χ3v) is 3.72. The first-order chi connectivity index (χ1) is 12.8. The minimum atomic E-state index is -1.05. The van der Waals surface area contributed by atoms with Gasteiger partial charge in [0.2, 0.25) is 0 Å². The van der Waals surface area contributed by atoms with Crippen LogP contribution in [-0.4, -0.2) is 30.9 Å². The van der Waals surface area contributed by atoms with E-state index in [1.807, 2.05) is 19.9 Å². The third kappa shape index (κ3) is 5.88. The van der Waals surface area contributed by atoms with Crippen molar-refractivity contribution >= 4 is 23.5 Å². The molecule has 0 spiro atoms. The number of amides is 2. The monoisotopic (exact) mass is 376 g/mol. The highest BCUT2D eigenvalue weighted by Crippen LogP contribution is 2.14. The van der Waals surface area contributed by atoms with E-state index in [2.05, 4.69) is 10.6 Å². The van der Waals surface area contributed by atoms with Gasteiger partial charge < -0.3 is 15.4 Å². The summed E-state index contributed by atoms with van der Waals surface area (Å²) in [5.41, 5.74) is 2.24. The van der Waals surface area contributed by atoms with E-state index in [1.54, 1.807) is 12.1 Å². The Balaban J connectivity index is 1.77. The van der Waals surface area contributed by atoms with Gasteiger partial charge in [-0.2, -0.15) is 0 Å². The van der Waals surface area contributed by atoms with E-state index in [0.717, 1.165) is 23.3 Å². The Morgan fingerprint density at radius 1 is 1.00 bits per heavy atom. The summed E-state index contributed by atoms with van der Waals surface area (Å²) < 4.78 is 31.0. The molecule has 2 amide bonds. The van der Waals surface area contributed by atoms with E-state index >= 15 is 0 Å². The maximum Gasteiger partial charge on any atom is 0.325 e.